The predicted octanol–water partition coefficient (Wildman–Crippen LogP) is 2.72. The fraction of sp³-hybridized carbons (Fsp3) is 0.316. The van der Waals surface area contributed by atoms with E-state index in [4.69, 9.17) is 14.2 Å². The number of hydrogen-bond acceptors (Lipinski definition) is 4. The van der Waals surface area contributed by atoms with Gasteiger partial charge in [-0.05, 0) is 38.1 Å². The number of carbonyl (C=O) groups excluding carboxylic acids is 1. The smallest absolute Gasteiger partial charge is 0.260 e. The highest BCUT2D eigenvalue weighted by molar-refractivity contribution is 5.80. The molecule has 126 valence electrons. The lowest BCUT2D eigenvalue weighted by molar-refractivity contribution is -0.127. The van der Waals surface area contributed by atoms with Gasteiger partial charge in [0.1, 0.15) is 18.5 Å². The summed E-state index contributed by atoms with van der Waals surface area (Å²) in [4.78, 5) is 12.2. The molecule has 0 fully saturated rings. The molecule has 2 aromatic carbocycles. The molecule has 3 rings (SSSR count). The first-order valence-corrected chi connectivity index (χ1v) is 8.01. The van der Waals surface area contributed by atoms with Gasteiger partial charge in [-0.25, -0.2) is 0 Å². The zero-order valence-corrected chi connectivity index (χ0v) is 13.8. The number of nitrogens with one attached hydrogen (secondary N) is 1. The zero-order chi connectivity index (χ0) is 16.9. The van der Waals surface area contributed by atoms with Crippen LogP contribution in [0.3, 0.4) is 0 Å². The van der Waals surface area contributed by atoms with Gasteiger partial charge in [-0.15, -0.1) is 0 Å². The monoisotopic (exact) mass is 327 g/mol. The Morgan fingerprint density at radius 1 is 1.21 bits per heavy atom. The van der Waals surface area contributed by atoms with E-state index in [2.05, 4.69) is 5.32 Å². The number of carbonyl (C=O) groups is 1. The van der Waals surface area contributed by atoms with E-state index in [9.17, 15) is 4.79 Å². The molecule has 1 aliphatic rings. The van der Waals surface area contributed by atoms with Crippen molar-refractivity contribution in [2.24, 2.45) is 0 Å². The Morgan fingerprint density at radius 3 is 2.67 bits per heavy atom. The van der Waals surface area contributed by atoms with Gasteiger partial charge in [0.15, 0.2) is 17.6 Å². The molecule has 0 radical (unpaired) electrons. The number of rotatable bonds is 5. The van der Waals surface area contributed by atoms with E-state index < -0.39 is 6.10 Å². The summed E-state index contributed by atoms with van der Waals surface area (Å²) >= 11 is 0. The second kappa shape index (κ2) is 7.25. The summed E-state index contributed by atoms with van der Waals surface area (Å²) in [5.74, 6) is 1.93. The molecule has 0 bridgehead atoms. The Hall–Kier alpha value is -2.69. The summed E-state index contributed by atoms with van der Waals surface area (Å²) < 4.78 is 17.1. The van der Waals surface area contributed by atoms with Crippen LogP contribution in [-0.2, 0) is 4.79 Å². The van der Waals surface area contributed by atoms with Crippen molar-refractivity contribution < 1.29 is 19.0 Å². The van der Waals surface area contributed by atoms with E-state index in [1.807, 2.05) is 55.5 Å². The van der Waals surface area contributed by atoms with Crippen molar-refractivity contribution in [3.05, 3.63) is 54.1 Å². The van der Waals surface area contributed by atoms with E-state index in [-0.39, 0.29) is 12.0 Å². The first-order chi connectivity index (χ1) is 11.6. The molecular formula is C19H21NO4. The molecule has 5 heteroatoms. The van der Waals surface area contributed by atoms with E-state index in [1.54, 1.807) is 6.92 Å². The molecule has 2 aromatic rings. The van der Waals surface area contributed by atoms with Gasteiger partial charge in [-0.3, -0.25) is 4.79 Å². The van der Waals surface area contributed by atoms with Gasteiger partial charge < -0.3 is 19.5 Å². The van der Waals surface area contributed by atoms with E-state index >= 15 is 0 Å². The summed E-state index contributed by atoms with van der Waals surface area (Å²) in [6, 6.07) is 15.1. The number of hydrogen-bond donors (Lipinski definition) is 1. The van der Waals surface area contributed by atoms with Crippen LogP contribution >= 0.6 is 0 Å². The van der Waals surface area contributed by atoms with Gasteiger partial charge in [0, 0.05) is 0 Å². The third-order valence-electron chi connectivity index (χ3n) is 3.77. The van der Waals surface area contributed by atoms with Gasteiger partial charge in [0.2, 0.25) is 0 Å². The molecule has 1 N–H and O–H groups in total. The lowest BCUT2D eigenvalue weighted by Crippen LogP contribution is -2.44. The third kappa shape index (κ3) is 3.98. The molecule has 0 unspecified atom stereocenters. The summed E-state index contributed by atoms with van der Waals surface area (Å²) in [5.41, 5.74) is 1.15. The Morgan fingerprint density at radius 2 is 1.92 bits per heavy atom. The van der Waals surface area contributed by atoms with Crippen LogP contribution < -0.4 is 19.5 Å². The molecular weight excluding hydrogens is 306 g/mol. The summed E-state index contributed by atoms with van der Waals surface area (Å²) in [6.07, 6.45) is -0.792. The standard InChI is InChI=1S/C19H21NO4/c1-13-7-9-15(10-8-13)23-14(2)19(21)20-11-16-12-22-17-5-3-4-6-18(17)24-16/h3-10,14,16H,11-12H2,1-2H3,(H,20,21)/t14-,16-/m0/s1. The number of aryl methyl sites for hydroxylation is 1. The second-order valence-corrected chi connectivity index (χ2v) is 5.82. The molecule has 2 atom stereocenters. The van der Waals surface area contributed by atoms with Crippen LogP contribution in [0.2, 0.25) is 0 Å². The zero-order valence-electron chi connectivity index (χ0n) is 13.8. The molecule has 0 aromatic heterocycles. The molecule has 0 spiro atoms. The van der Waals surface area contributed by atoms with Crippen molar-refractivity contribution in [1.29, 1.82) is 0 Å². The van der Waals surface area contributed by atoms with E-state index in [0.29, 0.717) is 24.7 Å². The van der Waals surface area contributed by atoms with Gasteiger partial charge in [0.25, 0.3) is 5.91 Å². The van der Waals surface area contributed by atoms with Crippen molar-refractivity contribution in [2.75, 3.05) is 13.2 Å². The highest BCUT2D eigenvalue weighted by atomic mass is 16.6. The van der Waals surface area contributed by atoms with Crippen LogP contribution in [0.25, 0.3) is 0 Å². The van der Waals surface area contributed by atoms with Crippen molar-refractivity contribution >= 4 is 5.91 Å². The molecule has 5 nitrogen and oxygen atoms in total. The normalized spacial score (nSPS) is 17.0. The highest BCUT2D eigenvalue weighted by Crippen LogP contribution is 2.30. The summed E-state index contributed by atoms with van der Waals surface area (Å²) in [5, 5.41) is 2.85. The molecule has 1 amide bonds. The van der Waals surface area contributed by atoms with E-state index in [0.717, 1.165) is 11.3 Å². The molecule has 0 saturated heterocycles. The maximum absolute atomic E-state index is 12.2. The molecule has 0 saturated carbocycles. The van der Waals surface area contributed by atoms with Gasteiger partial charge in [-0.2, -0.15) is 0 Å². The topological polar surface area (TPSA) is 56.8 Å². The maximum Gasteiger partial charge on any atom is 0.260 e. The predicted molar refractivity (Wildman–Crippen MR) is 90.6 cm³/mol. The lowest BCUT2D eigenvalue weighted by Gasteiger charge is -2.27. The number of amides is 1. The fourth-order valence-corrected chi connectivity index (χ4v) is 2.40. The average molecular weight is 327 g/mol. The fourth-order valence-electron chi connectivity index (χ4n) is 2.40. The molecule has 24 heavy (non-hydrogen) atoms. The van der Waals surface area contributed by atoms with Crippen molar-refractivity contribution in [1.82, 2.24) is 5.32 Å². The van der Waals surface area contributed by atoms with E-state index in [1.165, 1.54) is 0 Å². The van der Waals surface area contributed by atoms with Gasteiger partial charge >= 0.3 is 0 Å². The van der Waals surface area contributed by atoms with Crippen LogP contribution in [0, 0.1) is 6.92 Å². The number of ether oxygens (including phenoxy) is 3. The minimum Gasteiger partial charge on any atom is -0.486 e. The first-order valence-electron chi connectivity index (χ1n) is 8.01. The number of benzene rings is 2. The van der Waals surface area contributed by atoms with Crippen LogP contribution in [0.15, 0.2) is 48.5 Å². The first kappa shape index (κ1) is 16.2. The highest BCUT2D eigenvalue weighted by Gasteiger charge is 2.22. The number of para-hydroxylation sites is 2. The SMILES string of the molecule is Cc1ccc(O[C@@H](C)C(=O)NC[C@H]2COc3ccccc3O2)cc1. The van der Waals surface area contributed by atoms with Crippen LogP contribution in [-0.4, -0.2) is 31.3 Å². The Kier molecular flexibility index (Phi) is 4.89. The second-order valence-electron chi connectivity index (χ2n) is 5.82. The van der Waals surface area contributed by atoms with Crippen molar-refractivity contribution in [3.63, 3.8) is 0 Å². The van der Waals surface area contributed by atoms with Gasteiger partial charge in [-0.1, -0.05) is 29.8 Å². The molecule has 1 heterocycles. The van der Waals surface area contributed by atoms with Gasteiger partial charge in [0.05, 0.1) is 6.54 Å². The molecule has 0 aliphatic carbocycles. The van der Waals surface area contributed by atoms with Crippen LogP contribution in [0.5, 0.6) is 17.2 Å². The average Bonchev–Trinajstić information content (AvgIpc) is 2.61. The summed E-state index contributed by atoms with van der Waals surface area (Å²) in [6.45, 7) is 4.51. The minimum atomic E-state index is -0.579. The van der Waals surface area contributed by atoms with Crippen molar-refractivity contribution in [2.45, 2.75) is 26.1 Å². The number of fused-ring (bicyclic) bond motifs is 1. The quantitative estimate of drug-likeness (QED) is 0.917. The van der Waals surface area contributed by atoms with Crippen molar-refractivity contribution in [3.8, 4) is 17.2 Å². The Balaban J connectivity index is 1.48. The lowest BCUT2D eigenvalue weighted by atomic mass is 10.2. The van der Waals surface area contributed by atoms with Crippen LogP contribution in [0.4, 0.5) is 0 Å². The minimum absolute atomic E-state index is 0.182. The summed E-state index contributed by atoms with van der Waals surface area (Å²) in [7, 11) is 0. The largest absolute Gasteiger partial charge is 0.486 e. The Bertz CT molecular complexity index is 699. The molecule has 1 aliphatic heterocycles. The maximum atomic E-state index is 12.2. The van der Waals surface area contributed by atoms with Crippen LogP contribution in [0.1, 0.15) is 12.5 Å². The third-order valence-corrected chi connectivity index (χ3v) is 3.77. The Labute approximate surface area is 141 Å².